The van der Waals surface area contributed by atoms with E-state index in [1.165, 1.54) is 13.2 Å². The number of esters is 1. The van der Waals surface area contributed by atoms with Crippen LogP contribution in [0.1, 0.15) is 37.2 Å². The van der Waals surface area contributed by atoms with Crippen LogP contribution in [0.5, 0.6) is 17.2 Å². The quantitative estimate of drug-likeness (QED) is 0.386. The molecule has 1 aliphatic carbocycles. The Morgan fingerprint density at radius 2 is 1.94 bits per heavy atom. The summed E-state index contributed by atoms with van der Waals surface area (Å²) in [5.41, 5.74) is 1.72. The maximum absolute atomic E-state index is 14.7. The normalized spacial score (nSPS) is 23.1. The van der Waals surface area contributed by atoms with E-state index in [1.54, 1.807) is 12.1 Å². The predicted octanol–water partition coefficient (Wildman–Crippen LogP) is 6.79. The van der Waals surface area contributed by atoms with Crippen LogP contribution in [0.15, 0.2) is 82.8 Å². The standard InChI is InChI=1S/C27H26BrFO5/c1-17-3-7-22(14-20(29)6-12-25(17)34-21-8-4-19(28)5-9-21)33-23-10-11-24-18(13-27(30)31-2)16-32-26(24)15-23/h4-6,8-12,15,18,22H,1,3,7,13-14,16H2,2H3/b20-6+,25-12+/t18-,22-/m1/s1. The number of halogens is 2. The van der Waals surface area contributed by atoms with Crippen molar-refractivity contribution >= 4 is 21.9 Å². The molecule has 0 N–H and O–H groups in total. The van der Waals surface area contributed by atoms with Crippen LogP contribution in [0.3, 0.4) is 0 Å². The first kappa shape index (κ1) is 24.1. The van der Waals surface area contributed by atoms with Crippen LogP contribution in [0, 0.1) is 0 Å². The lowest BCUT2D eigenvalue weighted by Crippen LogP contribution is -2.17. The van der Waals surface area contributed by atoms with Gasteiger partial charge in [0, 0.05) is 28.4 Å². The lowest BCUT2D eigenvalue weighted by Gasteiger charge is -2.19. The van der Waals surface area contributed by atoms with Crippen LogP contribution >= 0.6 is 15.9 Å². The van der Waals surface area contributed by atoms with Crippen molar-refractivity contribution in [1.29, 1.82) is 0 Å². The molecule has 34 heavy (non-hydrogen) atoms. The van der Waals surface area contributed by atoms with Crippen molar-refractivity contribution < 1.29 is 28.1 Å². The van der Waals surface area contributed by atoms with Crippen LogP contribution in [-0.4, -0.2) is 25.8 Å². The highest BCUT2D eigenvalue weighted by atomic mass is 79.9. The second-order valence-electron chi connectivity index (χ2n) is 8.27. The van der Waals surface area contributed by atoms with Crippen molar-refractivity contribution in [1.82, 2.24) is 0 Å². The van der Waals surface area contributed by atoms with Gasteiger partial charge < -0.3 is 18.9 Å². The predicted molar refractivity (Wildman–Crippen MR) is 131 cm³/mol. The van der Waals surface area contributed by atoms with Crippen LogP contribution in [0.2, 0.25) is 0 Å². The Bertz CT molecular complexity index is 1120. The van der Waals surface area contributed by atoms with Gasteiger partial charge in [-0.15, -0.1) is 0 Å². The van der Waals surface area contributed by atoms with Gasteiger partial charge in [-0.1, -0.05) is 28.6 Å². The van der Waals surface area contributed by atoms with E-state index in [9.17, 15) is 9.18 Å². The first-order chi connectivity index (χ1) is 16.4. The summed E-state index contributed by atoms with van der Waals surface area (Å²) in [5, 5.41) is 0. The van der Waals surface area contributed by atoms with Gasteiger partial charge in [-0.2, -0.15) is 0 Å². The Hall–Kier alpha value is -3.06. The summed E-state index contributed by atoms with van der Waals surface area (Å²) in [6.45, 7) is 4.56. The monoisotopic (exact) mass is 528 g/mol. The van der Waals surface area contributed by atoms with Crippen molar-refractivity contribution in [2.45, 2.75) is 37.7 Å². The zero-order valence-corrected chi connectivity index (χ0v) is 20.5. The van der Waals surface area contributed by atoms with Crippen LogP contribution in [0.4, 0.5) is 4.39 Å². The maximum atomic E-state index is 14.7. The van der Waals surface area contributed by atoms with Gasteiger partial charge in [-0.05, 0) is 60.9 Å². The number of hydrogen-bond donors (Lipinski definition) is 0. The largest absolute Gasteiger partial charge is 0.492 e. The van der Waals surface area contributed by atoms with Crippen molar-refractivity contribution in [2.24, 2.45) is 0 Å². The van der Waals surface area contributed by atoms with Crippen molar-refractivity contribution in [3.63, 3.8) is 0 Å². The van der Waals surface area contributed by atoms with Crippen molar-refractivity contribution in [2.75, 3.05) is 13.7 Å². The van der Waals surface area contributed by atoms with E-state index in [-0.39, 0.29) is 36.7 Å². The summed E-state index contributed by atoms with van der Waals surface area (Å²) in [7, 11) is 1.38. The first-order valence-electron chi connectivity index (χ1n) is 11.1. The summed E-state index contributed by atoms with van der Waals surface area (Å²) in [5.74, 6) is 1.85. The Labute approximate surface area is 207 Å². The van der Waals surface area contributed by atoms with Gasteiger partial charge in [0.15, 0.2) is 0 Å². The number of ether oxygens (including phenoxy) is 4. The van der Waals surface area contributed by atoms with E-state index in [2.05, 4.69) is 22.5 Å². The molecular formula is C27H26BrFO5. The fraction of sp³-hybridized carbons (Fsp3) is 0.296. The second-order valence-corrected chi connectivity index (χ2v) is 9.19. The van der Waals surface area contributed by atoms with Gasteiger partial charge in [-0.25, -0.2) is 4.39 Å². The zero-order chi connectivity index (χ0) is 24.1. The van der Waals surface area contributed by atoms with E-state index in [1.807, 2.05) is 36.4 Å². The Morgan fingerprint density at radius 1 is 1.18 bits per heavy atom. The van der Waals surface area contributed by atoms with Crippen molar-refractivity contribution in [3.05, 3.63) is 88.4 Å². The minimum atomic E-state index is -0.376. The molecule has 0 saturated heterocycles. The van der Waals surface area contributed by atoms with Crippen LogP contribution in [0.25, 0.3) is 0 Å². The minimum Gasteiger partial charge on any atom is -0.492 e. The van der Waals surface area contributed by atoms with E-state index < -0.39 is 0 Å². The number of allylic oxidation sites excluding steroid dienone is 3. The number of rotatable bonds is 6. The minimum absolute atomic E-state index is 0.0414. The number of hydrogen-bond acceptors (Lipinski definition) is 5. The molecule has 0 amide bonds. The summed E-state index contributed by atoms with van der Waals surface area (Å²) in [4.78, 5) is 11.6. The van der Waals surface area contributed by atoms with Gasteiger partial charge in [0.25, 0.3) is 0 Å². The highest BCUT2D eigenvalue weighted by Crippen LogP contribution is 2.39. The molecule has 2 aliphatic rings. The summed E-state index contributed by atoms with van der Waals surface area (Å²) in [6, 6.07) is 13.0. The van der Waals surface area contributed by atoms with Crippen molar-refractivity contribution in [3.8, 4) is 17.2 Å². The van der Waals surface area contributed by atoms with Gasteiger partial charge in [-0.3, -0.25) is 4.79 Å². The molecule has 0 spiro atoms. The number of carbonyl (C=O) groups is 1. The average Bonchev–Trinajstić information content (AvgIpc) is 3.24. The van der Waals surface area contributed by atoms with E-state index in [0.29, 0.717) is 42.5 Å². The zero-order valence-electron chi connectivity index (χ0n) is 18.9. The molecule has 7 heteroatoms. The van der Waals surface area contributed by atoms with Gasteiger partial charge >= 0.3 is 5.97 Å². The molecule has 2 aromatic rings. The summed E-state index contributed by atoms with van der Waals surface area (Å²) in [6.07, 6.45) is 4.22. The molecule has 0 bridgehead atoms. The lowest BCUT2D eigenvalue weighted by atomic mass is 9.98. The highest BCUT2D eigenvalue weighted by Gasteiger charge is 2.27. The molecule has 0 aromatic heterocycles. The number of benzene rings is 2. The third kappa shape index (κ3) is 6.08. The van der Waals surface area contributed by atoms with E-state index >= 15 is 0 Å². The molecule has 0 fully saturated rings. The average molecular weight is 529 g/mol. The first-order valence-corrected chi connectivity index (χ1v) is 11.9. The fourth-order valence-electron chi connectivity index (χ4n) is 3.94. The number of fused-ring (bicyclic) bond motifs is 1. The second kappa shape index (κ2) is 10.9. The fourth-order valence-corrected chi connectivity index (χ4v) is 4.21. The maximum Gasteiger partial charge on any atom is 0.306 e. The third-order valence-corrected chi connectivity index (χ3v) is 6.33. The molecule has 4 rings (SSSR count). The van der Waals surface area contributed by atoms with E-state index in [4.69, 9.17) is 18.9 Å². The molecule has 0 saturated carbocycles. The summed E-state index contributed by atoms with van der Waals surface area (Å²) >= 11 is 3.40. The molecule has 5 nitrogen and oxygen atoms in total. The van der Waals surface area contributed by atoms with Crippen LogP contribution in [-0.2, 0) is 9.53 Å². The van der Waals surface area contributed by atoms with Gasteiger partial charge in [0.05, 0.1) is 20.1 Å². The smallest absolute Gasteiger partial charge is 0.306 e. The number of methoxy groups -OCH3 is 1. The Kier molecular flexibility index (Phi) is 7.73. The van der Waals surface area contributed by atoms with Gasteiger partial charge in [0.2, 0.25) is 0 Å². The van der Waals surface area contributed by atoms with Gasteiger partial charge in [0.1, 0.15) is 34.9 Å². The highest BCUT2D eigenvalue weighted by molar-refractivity contribution is 9.10. The third-order valence-electron chi connectivity index (χ3n) is 5.80. The summed E-state index contributed by atoms with van der Waals surface area (Å²) < 4.78 is 38.2. The molecule has 1 heterocycles. The SMILES string of the molecule is C=C1CC[C@@H](Oc2ccc3c(c2)OC[C@H]3CC(=O)OC)C/C(F)=C\C=C/1Oc1ccc(Br)cc1. The molecular weight excluding hydrogens is 503 g/mol. The topological polar surface area (TPSA) is 54.0 Å². The molecule has 2 atom stereocenters. The molecule has 1 aliphatic heterocycles. The van der Waals surface area contributed by atoms with E-state index in [0.717, 1.165) is 15.6 Å². The molecule has 178 valence electrons. The lowest BCUT2D eigenvalue weighted by molar-refractivity contribution is -0.141. The Balaban J connectivity index is 1.41. The molecule has 0 radical (unpaired) electrons. The molecule has 0 unspecified atom stereocenters. The van der Waals surface area contributed by atoms with Crippen LogP contribution < -0.4 is 14.2 Å². The number of carbonyl (C=O) groups excluding carboxylic acids is 1. The Morgan fingerprint density at radius 3 is 2.71 bits per heavy atom. The molecule has 2 aromatic carbocycles.